The molecule has 2 N–H and O–H groups in total. The molecule has 146 valence electrons. The molecule has 0 saturated carbocycles. The van der Waals surface area contributed by atoms with Gasteiger partial charge in [-0.05, 0) is 56.7 Å². The number of hydrogen-bond donors (Lipinski definition) is 2. The Morgan fingerprint density at radius 2 is 1.79 bits per heavy atom. The van der Waals surface area contributed by atoms with Crippen LogP contribution < -0.4 is 9.80 Å². The van der Waals surface area contributed by atoms with E-state index in [1.165, 1.54) is 22.6 Å². The van der Waals surface area contributed by atoms with Crippen molar-refractivity contribution in [3.63, 3.8) is 0 Å². The van der Waals surface area contributed by atoms with Crippen LogP contribution >= 0.6 is 0 Å². The number of H-pyrrole nitrogens is 1. The van der Waals surface area contributed by atoms with E-state index in [0.29, 0.717) is 0 Å². The van der Waals surface area contributed by atoms with Gasteiger partial charge in [-0.25, -0.2) is 4.39 Å². The van der Waals surface area contributed by atoms with E-state index in [1.54, 1.807) is 0 Å². The number of fused-ring (bicyclic) bond motifs is 1. The third-order valence-corrected chi connectivity index (χ3v) is 5.99. The lowest BCUT2D eigenvalue weighted by Crippen LogP contribution is -3.18. The monoisotopic (exact) mass is 380 g/mol. The molecule has 5 heteroatoms. The van der Waals surface area contributed by atoms with Crippen LogP contribution in [0.25, 0.3) is 10.9 Å². The topological polar surface area (TPSA) is 40.5 Å². The third-order valence-electron chi connectivity index (χ3n) is 5.99. The average molecular weight is 380 g/mol. The molecule has 0 aliphatic carbocycles. The Kier molecular flexibility index (Phi) is 4.94. The Bertz CT molecular complexity index is 1000. The van der Waals surface area contributed by atoms with Crippen molar-refractivity contribution in [2.45, 2.75) is 26.8 Å². The van der Waals surface area contributed by atoms with Crippen molar-refractivity contribution in [2.75, 3.05) is 31.1 Å². The molecule has 2 aromatic carbocycles. The SMILES string of the molecule is Cc1ccc2c(C(=O)[C@H](C)[NH+]3CCN(c4ccc(F)cc4)CC3)c(C)[nH]c2c1. The van der Waals surface area contributed by atoms with Crippen LogP contribution in [0.3, 0.4) is 0 Å². The molecule has 1 saturated heterocycles. The summed E-state index contributed by atoms with van der Waals surface area (Å²) < 4.78 is 13.1. The van der Waals surface area contributed by atoms with Crippen molar-refractivity contribution < 1.29 is 14.1 Å². The Labute approximate surface area is 165 Å². The van der Waals surface area contributed by atoms with Crippen LogP contribution in [0.2, 0.25) is 0 Å². The maximum absolute atomic E-state index is 13.3. The lowest BCUT2D eigenvalue weighted by Gasteiger charge is -2.36. The molecule has 1 aliphatic heterocycles. The molecular formula is C23H27FN3O+. The molecule has 0 bridgehead atoms. The smallest absolute Gasteiger partial charge is 0.222 e. The zero-order valence-corrected chi connectivity index (χ0v) is 16.7. The van der Waals surface area contributed by atoms with Crippen molar-refractivity contribution in [1.82, 2.24) is 4.98 Å². The minimum Gasteiger partial charge on any atom is -0.360 e. The summed E-state index contributed by atoms with van der Waals surface area (Å²) in [6, 6.07) is 12.8. The second-order valence-corrected chi connectivity index (χ2v) is 7.88. The van der Waals surface area contributed by atoms with Crippen LogP contribution in [0.1, 0.15) is 28.5 Å². The van der Waals surface area contributed by atoms with E-state index < -0.39 is 0 Å². The fourth-order valence-electron chi connectivity index (χ4n) is 4.30. The fourth-order valence-corrected chi connectivity index (χ4v) is 4.30. The Morgan fingerprint density at radius 1 is 1.11 bits per heavy atom. The Hall–Kier alpha value is -2.66. The van der Waals surface area contributed by atoms with Gasteiger partial charge in [-0.2, -0.15) is 0 Å². The second-order valence-electron chi connectivity index (χ2n) is 7.88. The van der Waals surface area contributed by atoms with Crippen molar-refractivity contribution in [3.05, 3.63) is 65.1 Å². The normalized spacial score (nSPS) is 16.5. The first-order chi connectivity index (χ1) is 13.4. The van der Waals surface area contributed by atoms with Gasteiger partial charge < -0.3 is 14.8 Å². The molecule has 1 atom stereocenters. The summed E-state index contributed by atoms with van der Waals surface area (Å²) >= 11 is 0. The van der Waals surface area contributed by atoms with Crippen LogP contribution in [0.4, 0.5) is 10.1 Å². The van der Waals surface area contributed by atoms with Crippen LogP contribution in [-0.4, -0.2) is 43.0 Å². The van der Waals surface area contributed by atoms with Crippen LogP contribution in [0.5, 0.6) is 0 Å². The first-order valence-corrected chi connectivity index (χ1v) is 9.92. The van der Waals surface area contributed by atoms with Crippen molar-refractivity contribution >= 4 is 22.4 Å². The number of hydrogen-bond acceptors (Lipinski definition) is 2. The number of rotatable bonds is 4. The number of halogens is 1. The van der Waals surface area contributed by atoms with E-state index in [1.807, 2.05) is 26.0 Å². The number of nitrogens with zero attached hydrogens (tertiary/aromatic N) is 1. The number of aryl methyl sites for hydroxylation is 2. The van der Waals surface area contributed by atoms with E-state index in [-0.39, 0.29) is 17.6 Å². The molecule has 4 nitrogen and oxygen atoms in total. The molecule has 0 unspecified atom stereocenters. The number of quaternary nitrogens is 1. The average Bonchev–Trinajstić information content (AvgIpc) is 3.02. The molecule has 3 aromatic rings. The van der Waals surface area contributed by atoms with Gasteiger partial charge in [0, 0.05) is 22.3 Å². The van der Waals surface area contributed by atoms with E-state index in [2.05, 4.69) is 35.0 Å². The van der Waals surface area contributed by atoms with Gasteiger partial charge in [-0.1, -0.05) is 12.1 Å². The van der Waals surface area contributed by atoms with Gasteiger partial charge in [-0.15, -0.1) is 0 Å². The van der Waals surface area contributed by atoms with Crippen LogP contribution in [-0.2, 0) is 0 Å². The number of anilines is 1. The van der Waals surface area contributed by atoms with Gasteiger partial charge in [0.15, 0.2) is 0 Å². The highest BCUT2D eigenvalue weighted by atomic mass is 19.1. The molecular weight excluding hydrogens is 353 g/mol. The number of nitrogens with one attached hydrogen (secondary N) is 2. The highest BCUT2D eigenvalue weighted by Crippen LogP contribution is 2.24. The number of aromatic nitrogens is 1. The lowest BCUT2D eigenvalue weighted by atomic mass is 9.99. The molecule has 0 amide bonds. The van der Waals surface area contributed by atoms with Crippen molar-refractivity contribution in [3.8, 4) is 0 Å². The first kappa shape index (κ1) is 18.7. The zero-order valence-electron chi connectivity index (χ0n) is 16.7. The van der Waals surface area contributed by atoms with Crippen LogP contribution in [0.15, 0.2) is 42.5 Å². The number of carbonyl (C=O) groups excluding carboxylic acids is 1. The van der Waals surface area contributed by atoms with Gasteiger partial charge >= 0.3 is 0 Å². The summed E-state index contributed by atoms with van der Waals surface area (Å²) in [7, 11) is 0. The summed E-state index contributed by atoms with van der Waals surface area (Å²) in [6.07, 6.45) is 0. The molecule has 2 heterocycles. The van der Waals surface area contributed by atoms with E-state index in [9.17, 15) is 9.18 Å². The summed E-state index contributed by atoms with van der Waals surface area (Å²) in [4.78, 5) is 20.3. The number of benzene rings is 2. The predicted octanol–water partition coefficient (Wildman–Crippen LogP) is 2.90. The first-order valence-electron chi connectivity index (χ1n) is 9.92. The highest BCUT2D eigenvalue weighted by molar-refractivity contribution is 6.11. The van der Waals surface area contributed by atoms with Gasteiger partial charge in [0.25, 0.3) is 0 Å². The molecule has 4 rings (SSSR count). The van der Waals surface area contributed by atoms with E-state index >= 15 is 0 Å². The van der Waals surface area contributed by atoms with Gasteiger partial charge in [0.05, 0.1) is 31.7 Å². The third kappa shape index (κ3) is 3.42. The van der Waals surface area contributed by atoms with Gasteiger partial charge in [0.2, 0.25) is 5.78 Å². The minimum atomic E-state index is -0.212. The Morgan fingerprint density at radius 3 is 2.46 bits per heavy atom. The molecule has 1 fully saturated rings. The standard InChI is InChI=1S/C23H26FN3O/c1-15-4-9-20-21(14-15)25-16(2)22(20)23(28)17(3)26-10-12-27(13-11-26)19-7-5-18(24)6-8-19/h4-9,14,17,25H,10-13H2,1-3H3/p+1/t17-/m0/s1. The second kappa shape index (κ2) is 7.40. The summed E-state index contributed by atoms with van der Waals surface area (Å²) in [5.41, 5.74) is 5.03. The molecule has 28 heavy (non-hydrogen) atoms. The highest BCUT2D eigenvalue weighted by Gasteiger charge is 2.32. The number of carbonyl (C=O) groups is 1. The van der Waals surface area contributed by atoms with Crippen molar-refractivity contribution in [1.29, 1.82) is 0 Å². The summed E-state index contributed by atoms with van der Waals surface area (Å²) in [5.74, 6) is -0.00522. The molecule has 1 aromatic heterocycles. The molecule has 1 aliphatic rings. The summed E-state index contributed by atoms with van der Waals surface area (Å²) in [5, 5.41) is 1.02. The number of ketones is 1. The van der Waals surface area contributed by atoms with Gasteiger partial charge in [0.1, 0.15) is 11.9 Å². The quantitative estimate of drug-likeness (QED) is 0.684. The zero-order chi connectivity index (χ0) is 19.8. The number of aromatic amines is 1. The maximum atomic E-state index is 13.3. The van der Waals surface area contributed by atoms with E-state index in [4.69, 9.17) is 0 Å². The number of piperazine rings is 1. The largest absolute Gasteiger partial charge is 0.360 e. The lowest BCUT2D eigenvalue weighted by molar-refractivity contribution is -0.914. The fraction of sp³-hybridized carbons (Fsp3) is 0.348. The van der Waals surface area contributed by atoms with Crippen LogP contribution in [0, 0.1) is 19.7 Å². The minimum absolute atomic E-state index is 0.0885. The summed E-state index contributed by atoms with van der Waals surface area (Å²) in [6.45, 7) is 9.60. The van der Waals surface area contributed by atoms with Crippen molar-refractivity contribution in [2.24, 2.45) is 0 Å². The molecule has 0 radical (unpaired) electrons. The van der Waals surface area contributed by atoms with Gasteiger partial charge in [-0.3, -0.25) is 4.79 Å². The maximum Gasteiger partial charge on any atom is 0.222 e. The molecule has 0 spiro atoms. The predicted molar refractivity (Wildman–Crippen MR) is 111 cm³/mol. The number of Topliss-reactive ketones (excluding diaryl/α,β-unsaturated/α-hetero) is 1. The Balaban J connectivity index is 1.48. The van der Waals surface area contributed by atoms with E-state index in [0.717, 1.165) is 54.0 Å².